The molecule has 1 rings (SSSR count). The summed E-state index contributed by atoms with van der Waals surface area (Å²) in [4.78, 5) is 12.9. The van der Waals surface area contributed by atoms with Crippen LogP contribution in [0.15, 0.2) is 5.10 Å². The van der Waals surface area contributed by atoms with Gasteiger partial charge >= 0.3 is 0 Å². The van der Waals surface area contributed by atoms with E-state index in [4.69, 9.17) is 0 Å². The number of aldehydes is 1. The Labute approximate surface area is 85.6 Å². The van der Waals surface area contributed by atoms with E-state index >= 15 is 0 Å². The predicted molar refractivity (Wildman–Crippen MR) is 57.5 cm³/mol. The zero-order chi connectivity index (χ0) is 10.4. The predicted octanol–water partition coefficient (Wildman–Crippen LogP) is 0.589. The van der Waals surface area contributed by atoms with Gasteiger partial charge < -0.3 is 4.90 Å². The second kappa shape index (κ2) is 5.75. The highest BCUT2D eigenvalue weighted by Crippen LogP contribution is 2.04. The van der Waals surface area contributed by atoms with Crippen LogP contribution in [0.1, 0.15) is 19.8 Å². The van der Waals surface area contributed by atoms with Crippen LogP contribution in [0.4, 0.5) is 0 Å². The molecule has 0 aliphatic carbocycles. The maximum atomic E-state index is 10.5. The van der Waals surface area contributed by atoms with E-state index in [0.29, 0.717) is 12.1 Å². The van der Waals surface area contributed by atoms with Crippen LogP contribution in [0.25, 0.3) is 0 Å². The van der Waals surface area contributed by atoms with Gasteiger partial charge in [0.05, 0.1) is 5.71 Å². The largest absolute Gasteiger partial charge is 0.301 e. The number of hydrogen-bond donors (Lipinski definition) is 0. The summed E-state index contributed by atoms with van der Waals surface area (Å²) in [6, 6.07) is 0. The van der Waals surface area contributed by atoms with E-state index in [9.17, 15) is 4.79 Å². The first-order valence-electron chi connectivity index (χ1n) is 5.22. The van der Waals surface area contributed by atoms with Crippen molar-refractivity contribution in [3.05, 3.63) is 0 Å². The molecule has 80 valence electrons. The Morgan fingerprint density at radius 3 is 2.71 bits per heavy atom. The van der Waals surface area contributed by atoms with E-state index < -0.39 is 0 Å². The van der Waals surface area contributed by atoms with Crippen molar-refractivity contribution >= 4 is 12.0 Å². The zero-order valence-corrected chi connectivity index (χ0v) is 9.07. The smallest absolute Gasteiger partial charge is 0.166 e. The Hall–Kier alpha value is -0.900. The summed E-state index contributed by atoms with van der Waals surface area (Å²) in [5.41, 5.74) is 0.621. The first-order chi connectivity index (χ1) is 6.76. The number of rotatable bonds is 6. The van der Waals surface area contributed by atoms with Gasteiger partial charge in [-0.1, -0.05) is 6.92 Å². The fourth-order valence-electron chi connectivity index (χ4n) is 1.34. The maximum Gasteiger partial charge on any atom is 0.166 e. The Kier molecular flexibility index (Phi) is 4.59. The van der Waals surface area contributed by atoms with Crippen LogP contribution < -0.4 is 0 Å². The van der Waals surface area contributed by atoms with Gasteiger partial charge in [-0.3, -0.25) is 9.80 Å². The lowest BCUT2D eigenvalue weighted by atomic mass is 10.2. The Balaban J connectivity index is 2.22. The highest BCUT2D eigenvalue weighted by Gasteiger charge is 2.13. The van der Waals surface area contributed by atoms with Crippen LogP contribution in [0.5, 0.6) is 0 Å². The van der Waals surface area contributed by atoms with Crippen molar-refractivity contribution in [3.8, 4) is 0 Å². The van der Waals surface area contributed by atoms with E-state index in [1.807, 2.05) is 19.0 Å². The molecular weight excluding hydrogens is 178 g/mol. The second-order valence-electron chi connectivity index (χ2n) is 3.64. The van der Waals surface area contributed by atoms with Crippen LogP contribution in [0, 0.1) is 0 Å². The van der Waals surface area contributed by atoms with E-state index in [1.54, 1.807) is 0 Å². The Morgan fingerprint density at radius 1 is 1.57 bits per heavy atom. The molecule has 4 nitrogen and oxygen atoms in total. The summed E-state index contributed by atoms with van der Waals surface area (Å²) < 4.78 is 0. The molecule has 4 heteroatoms. The Morgan fingerprint density at radius 2 is 2.29 bits per heavy atom. The van der Waals surface area contributed by atoms with Crippen LogP contribution in [-0.4, -0.2) is 55.1 Å². The molecule has 0 aromatic rings. The lowest BCUT2D eigenvalue weighted by Gasteiger charge is -2.31. The molecule has 0 aromatic heterocycles. The fraction of sp³-hybridized carbons (Fsp3) is 0.800. The number of nitrogens with zero attached hydrogens (tertiary/aromatic N) is 3. The van der Waals surface area contributed by atoms with Crippen LogP contribution in [0.2, 0.25) is 0 Å². The third-order valence-corrected chi connectivity index (χ3v) is 2.49. The van der Waals surface area contributed by atoms with Gasteiger partial charge in [0.15, 0.2) is 6.29 Å². The maximum absolute atomic E-state index is 10.5. The third kappa shape index (κ3) is 3.46. The van der Waals surface area contributed by atoms with E-state index in [0.717, 1.165) is 19.4 Å². The fourth-order valence-corrected chi connectivity index (χ4v) is 1.34. The second-order valence-corrected chi connectivity index (χ2v) is 3.64. The van der Waals surface area contributed by atoms with Crippen LogP contribution >= 0.6 is 0 Å². The van der Waals surface area contributed by atoms with Gasteiger partial charge in [0.1, 0.15) is 0 Å². The molecule has 0 atom stereocenters. The average molecular weight is 197 g/mol. The van der Waals surface area contributed by atoms with Crippen molar-refractivity contribution in [2.75, 3.05) is 33.2 Å². The average Bonchev–Trinajstić information content (AvgIpc) is 2.11. The van der Waals surface area contributed by atoms with Gasteiger partial charge in [-0.05, 0) is 25.9 Å². The summed E-state index contributed by atoms with van der Waals surface area (Å²) >= 11 is 0. The standard InChI is InChI=1S/C10H19N3O/c1-3-10(9-14)11-12(2)7-8-13-5-4-6-13/h9H,3-8H2,1-2H3/b11-10+. The highest BCUT2D eigenvalue weighted by atomic mass is 16.1. The molecule has 0 spiro atoms. The summed E-state index contributed by atoms with van der Waals surface area (Å²) in [5, 5.41) is 6.05. The lowest BCUT2D eigenvalue weighted by molar-refractivity contribution is -0.102. The minimum absolute atomic E-state index is 0.621. The van der Waals surface area contributed by atoms with Gasteiger partial charge in [-0.25, -0.2) is 0 Å². The molecule has 0 amide bonds. The number of likely N-dealkylation sites (tertiary alicyclic amines) is 1. The molecular formula is C10H19N3O. The summed E-state index contributed by atoms with van der Waals surface area (Å²) in [6.45, 7) is 6.32. The van der Waals surface area contributed by atoms with Crippen molar-refractivity contribution in [2.45, 2.75) is 19.8 Å². The summed E-state index contributed by atoms with van der Waals surface area (Å²) in [6.07, 6.45) is 2.86. The monoisotopic (exact) mass is 197 g/mol. The van der Waals surface area contributed by atoms with Gasteiger partial charge in [0, 0.05) is 20.1 Å². The summed E-state index contributed by atoms with van der Waals surface area (Å²) in [7, 11) is 1.92. The number of carbonyl (C=O) groups is 1. The van der Waals surface area contributed by atoms with Gasteiger partial charge in [-0.15, -0.1) is 0 Å². The molecule has 0 radical (unpaired) electrons. The van der Waals surface area contributed by atoms with Crippen molar-refractivity contribution < 1.29 is 4.79 Å². The molecule has 1 heterocycles. The molecule has 0 saturated carbocycles. The first kappa shape index (κ1) is 11.2. The van der Waals surface area contributed by atoms with Crippen molar-refractivity contribution in [1.82, 2.24) is 9.91 Å². The SMILES string of the molecule is CC/C(C=O)=N\N(C)CCN1CCC1. The number of carbonyl (C=O) groups excluding carboxylic acids is 1. The van der Waals surface area contributed by atoms with E-state index in [-0.39, 0.29) is 0 Å². The molecule has 14 heavy (non-hydrogen) atoms. The molecule has 1 fully saturated rings. The van der Waals surface area contributed by atoms with E-state index in [2.05, 4.69) is 10.0 Å². The number of hydrogen-bond acceptors (Lipinski definition) is 4. The minimum Gasteiger partial charge on any atom is -0.301 e. The molecule has 1 saturated heterocycles. The van der Waals surface area contributed by atoms with E-state index in [1.165, 1.54) is 19.5 Å². The van der Waals surface area contributed by atoms with Gasteiger partial charge in [0.25, 0.3) is 0 Å². The van der Waals surface area contributed by atoms with Gasteiger partial charge in [-0.2, -0.15) is 5.10 Å². The van der Waals surface area contributed by atoms with Crippen molar-refractivity contribution in [3.63, 3.8) is 0 Å². The molecule has 0 bridgehead atoms. The normalized spacial score (nSPS) is 17.7. The van der Waals surface area contributed by atoms with Crippen molar-refractivity contribution in [2.24, 2.45) is 5.10 Å². The summed E-state index contributed by atoms with van der Waals surface area (Å²) in [5.74, 6) is 0. The molecule has 0 N–H and O–H groups in total. The zero-order valence-electron chi connectivity index (χ0n) is 9.07. The molecule has 1 aliphatic heterocycles. The van der Waals surface area contributed by atoms with Crippen LogP contribution in [0.3, 0.4) is 0 Å². The quantitative estimate of drug-likeness (QED) is 0.355. The van der Waals surface area contributed by atoms with Crippen molar-refractivity contribution in [1.29, 1.82) is 0 Å². The number of hydrazone groups is 1. The van der Waals surface area contributed by atoms with Gasteiger partial charge in [0.2, 0.25) is 0 Å². The third-order valence-electron chi connectivity index (χ3n) is 2.49. The molecule has 0 unspecified atom stereocenters. The first-order valence-corrected chi connectivity index (χ1v) is 5.22. The molecule has 1 aliphatic rings. The Bertz CT molecular complexity index is 211. The lowest BCUT2D eigenvalue weighted by Crippen LogP contribution is -2.41. The topological polar surface area (TPSA) is 35.9 Å². The minimum atomic E-state index is 0.621. The highest BCUT2D eigenvalue weighted by molar-refractivity contribution is 6.28. The molecule has 0 aromatic carbocycles. The number of likely N-dealkylation sites (N-methyl/N-ethyl adjacent to an activating group) is 1. The van der Waals surface area contributed by atoms with Crippen LogP contribution in [-0.2, 0) is 4.79 Å².